The van der Waals surface area contributed by atoms with Crippen molar-refractivity contribution in [2.24, 2.45) is 0 Å². The summed E-state index contributed by atoms with van der Waals surface area (Å²) >= 11 is 0. The Morgan fingerprint density at radius 1 is 1.15 bits per heavy atom. The van der Waals surface area contributed by atoms with Gasteiger partial charge in [-0.15, -0.1) is 0 Å². The van der Waals surface area contributed by atoms with Crippen molar-refractivity contribution in [2.75, 3.05) is 24.7 Å². The molecule has 0 saturated carbocycles. The molecule has 0 aliphatic carbocycles. The number of rotatable bonds is 11. The minimum Gasteiger partial charge on any atom is -0.441 e. The molecule has 1 amide bonds. The third kappa shape index (κ3) is 6.88. The van der Waals surface area contributed by atoms with Crippen LogP contribution < -0.4 is 10.6 Å². The number of nitrogens with zero attached hydrogens (tertiary/aromatic N) is 2. The minimum atomic E-state index is -3.55. The Kier molecular flexibility index (Phi) is 7.78. The van der Waals surface area contributed by atoms with Gasteiger partial charge in [-0.25, -0.2) is 13.4 Å². The first kappa shape index (κ1) is 23.9. The second-order valence-corrected chi connectivity index (χ2v) is 9.34. The number of anilines is 1. The number of carbonyl (C=O) groups is 1. The predicted octanol–water partition coefficient (Wildman–Crippen LogP) is 3.20. The Morgan fingerprint density at radius 2 is 1.91 bits per heavy atom. The van der Waals surface area contributed by atoms with E-state index in [2.05, 4.69) is 15.6 Å². The van der Waals surface area contributed by atoms with Gasteiger partial charge >= 0.3 is 0 Å². The largest absolute Gasteiger partial charge is 0.441 e. The van der Waals surface area contributed by atoms with Crippen molar-refractivity contribution < 1.29 is 22.6 Å². The number of hydrogen-bond donors (Lipinski definition) is 2. The van der Waals surface area contributed by atoms with E-state index >= 15 is 0 Å². The van der Waals surface area contributed by atoms with Crippen molar-refractivity contribution >= 4 is 27.1 Å². The molecule has 3 rings (SSSR count). The van der Waals surface area contributed by atoms with E-state index in [9.17, 15) is 23.3 Å². The maximum atomic E-state index is 12.0. The molecule has 10 nitrogen and oxygen atoms in total. The average Bonchev–Trinajstić information content (AvgIpc) is 3.25. The zero-order chi connectivity index (χ0) is 23.8. The van der Waals surface area contributed by atoms with Gasteiger partial charge < -0.3 is 15.1 Å². The number of nitro groups is 1. The SMILES string of the molecule is CS(=O)(=O)c1ccc(NCCNC(=O)CCCc2ncc(-c3ccccc3)o2)c([N+](=O)[O-])c1. The molecule has 1 heterocycles. The Labute approximate surface area is 191 Å². The summed E-state index contributed by atoms with van der Waals surface area (Å²) in [5.74, 6) is 1.08. The lowest BCUT2D eigenvalue weighted by Crippen LogP contribution is -2.28. The molecule has 2 N–H and O–H groups in total. The van der Waals surface area contributed by atoms with Gasteiger partial charge in [0.1, 0.15) is 5.69 Å². The van der Waals surface area contributed by atoms with Gasteiger partial charge in [-0.1, -0.05) is 30.3 Å². The van der Waals surface area contributed by atoms with Crippen LogP contribution in [0.3, 0.4) is 0 Å². The van der Waals surface area contributed by atoms with Crippen LogP contribution in [0.15, 0.2) is 64.0 Å². The summed E-state index contributed by atoms with van der Waals surface area (Å²) in [6.45, 7) is 0.492. The van der Waals surface area contributed by atoms with Gasteiger partial charge in [0.25, 0.3) is 5.69 Å². The van der Waals surface area contributed by atoms with Crippen molar-refractivity contribution in [3.63, 3.8) is 0 Å². The Balaban J connectivity index is 1.41. The van der Waals surface area contributed by atoms with E-state index < -0.39 is 14.8 Å². The van der Waals surface area contributed by atoms with Crippen LogP contribution in [0.5, 0.6) is 0 Å². The summed E-state index contributed by atoms with van der Waals surface area (Å²) < 4.78 is 28.9. The molecule has 0 fully saturated rings. The average molecular weight is 473 g/mol. The quantitative estimate of drug-likeness (QED) is 0.246. The summed E-state index contributed by atoms with van der Waals surface area (Å²) in [6.07, 6.45) is 4.02. The molecule has 0 unspecified atom stereocenters. The number of benzene rings is 2. The summed E-state index contributed by atoms with van der Waals surface area (Å²) in [4.78, 5) is 26.7. The molecule has 0 bridgehead atoms. The number of aryl methyl sites for hydroxylation is 1. The number of nitrogens with one attached hydrogen (secondary N) is 2. The first-order valence-electron chi connectivity index (χ1n) is 10.2. The molecule has 0 spiro atoms. The number of hydrogen-bond acceptors (Lipinski definition) is 8. The van der Waals surface area contributed by atoms with Crippen LogP contribution >= 0.6 is 0 Å². The third-order valence-corrected chi connectivity index (χ3v) is 5.87. The zero-order valence-corrected chi connectivity index (χ0v) is 18.8. The molecule has 1 aromatic heterocycles. The molecule has 0 aliphatic heterocycles. The van der Waals surface area contributed by atoms with Crippen molar-refractivity contribution in [3.8, 4) is 11.3 Å². The van der Waals surface area contributed by atoms with Gasteiger partial charge in [0.15, 0.2) is 21.5 Å². The molecular weight excluding hydrogens is 448 g/mol. The molecule has 174 valence electrons. The minimum absolute atomic E-state index is 0.130. The summed E-state index contributed by atoms with van der Waals surface area (Å²) in [7, 11) is -3.55. The van der Waals surface area contributed by atoms with Crippen LogP contribution in [0, 0.1) is 10.1 Å². The van der Waals surface area contributed by atoms with Crippen molar-refractivity contribution in [2.45, 2.75) is 24.2 Å². The van der Waals surface area contributed by atoms with Gasteiger partial charge in [-0.05, 0) is 18.6 Å². The summed E-state index contributed by atoms with van der Waals surface area (Å²) in [6, 6.07) is 13.3. The van der Waals surface area contributed by atoms with Gasteiger partial charge in [0.2, 0.25) is 5.91 Å². The van der Waals surface area contributed by atoms with Crippen LogP contribution in [0.25, 0.3) is 11.3 Å². The summed E-state index contributed by atoms with van der Waals surface area (Å²) in [5.41, 5.74) is 0.775. The Bertz CT molecular complexity index is 1220. The lowest BCUT2D eigenvalue weighted by molar-refractivity contribution is -0.384. The number of amides is 1. The van der Waals surface area contributed by atoms with E-state index in [1.54, 1.807) is 6.20 Å². The number of carbonyl (C=O) groups excluding carboxylic acids is 1. The van der Waals surface area contributed by atoms with Crippen molar-refractivity contribution in [1.82, 2.24) is 10.3 Å². The van der Waals surface area contributed by atoms with E-state index in [4.69, 9.17) is 4.42 Å². The number of nitro benzene ring substituents is 1. The lowest BCUT2D eigenvalue weighted by Gasteiger charge is -2.09. The molecular formula is C22H24N4O6S. The van der Waals surface area contributed by atoms with E-state index in [1.807, 2.05) is 30.3 Å². The van der Waals surface area contributed by atoms with E-state index in [1.165, 1.54) is 12.1 Å². The molecule has 33 heavy (non-hydrogen) atoms. The highest BCUT2D eigenvalue weighted by Gasteiger charge is 2.18. The standard InChI is InChI=1S/C22H24N4O6S/c1-33(30,31)17-10-11-18(19(14-17)26(28)29)23-12-13-24-21(27)8-5-9-22-25-15-20(32-22)16-6-3-2-4-7-16/h2-4,6-7,10-11,14-15,23H,5,8-9,12-13H2,1H3,(H,24,27). The van der Waals surface area contributed by atoms with Crippen molar-refractivity contribution in [3.05, 3.63) is 70.7 Å². The molecule has 0 saturated heterocycles. The highest BCUT2D eigenvalue weighted by molar-refractivity contribution is 7.90. The van der Waals surface area contributed by atoms with Crippen LogP contribution in [0.4, 0.5) is 11.4 Å². The van der Waals surface area contributed by atoms with Crippen molar-refractivity contribution in [1.29, 1.82) is 0 Å². The molecule has 0 aliphatic rings. The number of oxazole rings is 1. The molecule has 0 radical (unpaired) electrons. The van der Waals surface area contributed by atoms with E-state index in [0.29, 0.717) is 24.5 Å². The van der Waals surface area contributed by atoms with Gasteiger partial charge in [0, 0.05) is 43.8 Å². The van der Waals surface area contributed by atoms with Crippen LogP contribution in [0.1, 0.15) is 18.7 Å². The third-order valence-electron chi connectivity index (χ3n) is 4.76. The maximum Gasteiger partial charge on any atom is 0.293 e. The zero-order valence-electron chi connectivity index (χ0n) is 18.0. The van der Waals surface area contributed by atoms with Gasteiger partial charge in [0.05, 0.1) is 16.0 Å². The number of aromatic nitrogens is 1. The fourth-order valence-corrected chi connectivity index (χ4v) is 3.73. The van der Waals surface area contributed by atoms with Gasteiger partial charge in [-0.3, -0.25) is 14.9 Å². The molecule has 11 heteroatoms. The Morgan fingerprint density at radius 3 is 2.61 bits per heavy atom. The van der Waals surface area contributed by atoms with Crippen LogP contribution in [-0.2, 0) is 21.1 Å². The summed E-state index contributed by atoms with van der Waals surface area (Å²) in [5, 5.41) is 16.8. The second-order valence-electron chi connectivity index (χ2n) is 7.32. The first-order chi connectivity index (χ1) is 15.7. The highest BCUT2D eigenvalue weighted by atomic mass is 32.2. The molecule has 2 aromatic carbocycles. The Hall–Kier alpha value is -3.73. The highest BCUT2D eigenvalue weighted by Crippen LogP contribution is 2.27. The second kappa shape index (κ2) is 10.7. The first-order valence-corrected chi connectivity index (χ1v) is 12.1. The van der Waals surface area contributed by atoms with Crippen LogP contribution in [0.2, 0.25) is 0 Å². The predicted molar refractivity (Wildman–Crippen MR) is 123 cm³/mol. The lowest BCUT2D eigenvalue weighted by atomic mass is 10.2. The number of sulfone groups is 1. The maximum absolute atomic E-state index is 12.0. The van der Waals surface area contributed by atoms with E-state index in [-0.39, 0.29) is 41.7 Å². The van der Waals surface area contributed by atoms with Gasteiger partial charge in [-0.2, -0.15) is 0 Å². The van der Waals surface area contributed by atoms with E-state index in [0.717, 1.165) is 17.9 Å². The monoisotopic (exact) mass is 472 g/mol. The topological polar surface area (TPSA) is 144 Å². The normalized spacial score (nSPS) is 11.2. The molecule has 3 aromatic rings. The fourth-order valence-electron chi connectivity index (χ4n) is 3.09. The van der Waals surface area contributed by atoms with Crippen LogP contribution in [-0.4, -0.2) is 43.6 Å². The fraction of sp³-hybridized carbons (Fsp3) is 0.273. The smallest absolute Gasteiger partial charge is 0.293 e. The molecule has 0 atom stereocenters.